The fourth-order valence-corrected chi connectivity index (χ4v) is 2.97. The summed E-state index contributed by atoms with van der Waals surface area (Å²) in [6, 6.07) is 14.8. The second kappa shape index (κ2) is 10.5. The zero-order chi connectivity index (χ0) is 23.0. The molecule has 12 nitrogen and oxygen atoms in total. The monoisotopic (exact) mass is 460 g/mol. The van der Waals surface area contributed by atoms with Gasteiger partial charge in [0.2, 0.25) is 0 Å². The lowest BCUT2D eigenvalue weighted by Crippen LogP contribution is -2.45. The van der Waals surface area contributed by atoms with Crippen molar-refractivity contribution in [3.63, 3.8) is 0 Å². The van der Waals surface area contributed by atoms with Gasteiger partial charge in [0.15, 0.2) is 0 Å². The van der Waals surface area contributed by atoms with Crippen molar-refractivity contribution in [2.75, 3.05) is 13.2 Å². The first kappa shape index (κ1) is 21.4. The summed E-state index contributed by atoms with van der Waals surface area (Å²) in [4.78, 5) is 0. The van der Waals surface area contributed by atoms with Gasteiger partial charge in [-0.3, -0.25) is 0 Å². The van der Waals surface area contributed by atoms with E-state index >= 15 is 0 Å². The third kappa shape index (κ3) is 5.68. The molecule has 4 aromatic rings. The van der Waals surface area contributed by atoms with E-state index in [1.807, 2.05) is 48.5 Å². The maximum absolute atomic E-state index is 5.97. The van der Waals surface area contributed by atoms with Gasteiger partial charge in [-0.1, -0.05) is 0 Å². The van der Waals surface area contributed by atoms with E-state index in [-0.39, 0.29) is 0 Å². The number of hydrogen-bond acceptors (Lipinski definition) is 10. The minimum absolute atomic E-state index is 0.409. The molecule has 2 aromatic heterocycles. The summed E-state index contributed by atoms with van der Waals surface area (Å²) in [5.74, 6) is 1.23. The molecule has 0 N–H and O–H groups in total. The number of hydrogen-bond donors (Lipinski definition) is 0. The molecule has 1 fully saturated rings. The Bertz CT molecular complexity index is 1110. The first-order valence-electron chi connectivity index (χ1n) is 10.4. The zero-order valence-electron chi connectivity index (χ0n) is 17.9. The molecule has 0 saturated carbocycles. The summed E-state index contributed by atoms with van der Waals surface area (Å²) in [5, 5.41) is 23.2. The van der Waals surface area contributed by atoms with Crippen molar-refractivity contribution in [3.8, 4) is 11.5 Å². The van der Waals surface area contributed by atoms with Gasteiger partial charge in [-0.15, -0.1) is 20.4 Å². The normalized spacial score (nSPS) is 18.5. The Balaban J connectivity index is 1.19. The van der Waals surface area contributed by atoms with Crippen molar-refractivity contribution in [2.24, 2.45) is 10.2 Å². The highest BCUT2D eigenvalue weighted by Crippen LogP contribution is 2.22. The SMILES string of the molecule is C(=N\n1cnnc1)/c1ccc(OC2OCCOC2Oc2ccc(/C=N/n3cnnc3)cc2)cc1. The van der Waals surface area contributed by atoms with Crippen LogP contribution in [0.4, 0.5) is 0 Å². The smallest absolute Gasteiger partial charge is 0.263 e. The number of ether oxygens (including phenoxy) is 4. The molecule has 0 amide bonds. The minimum atomic E-state index is -0.722. The molecule has 0 aliphatic carbocycles. The average Bonchev–Trinajstić information content (AvgIpc) is 3.59. The lowest BCUT2D eigenvalue weighted by molar-refractivity contribution is -0.271. The molecule has 2 aromatic carbocycles. The van der Waals surface area contributed by atoms with Crippen molar-refractivity contribution in [3.05, 3.63) is 85.0 Å². The largest absolute Gasteiger partial charge is 0.458 e. The van der Waals surface area contributed by atoms with Crippen LogP contribution < -0.4 is 9.47 Å². The Hall–Kier alpha value is -4.42. The Morgan fingerprint density at radius 3 is 1.41 bits per heavy atom. The van der Waals surface area contributed by atoms with E-state index in [1.165, 1.54) is 34.7 Å². The molecular weight excluding hydrogens is 440 g/mol. The lowest BCUT2D eigenvalue weighted by Gasteiger charge is -2.31. The van der Waals surface area contributed by atoms with Crippen LogP contribution >= 0.6 is 0 Å². The molecule has 1 saturated heterocycles. The second-order valence-corrected chi connectivity index (χ2v) is 7.03. The molecule has 172 valence electrons. The van der Waals surface area contributed by atoms with Crippen LogP contribution in [0.2, 0.25) is 0 Å². The van der Waals surface area contributed by atoms with E-state index < -0.39 is 12.6 Å². The Labute approximate surface area is 194 Å². The number of nitrogens with zero attached hydrogens (tertiary/aromatic N) is 8. The van der Waals surface area contributed by atoms with Gasteiger partial charge >= 0.3 is 0 Å². The summed E-state index contributed by atoms with van der Waals surface area (Å²) in [6.45, 7) is 0.819. The molecule has 0 radical (unpaired) electrons. The third-order valence-corrected chi connectivity index (χ3v) is 4.63. The molecule has 2 atom stereocenters. The van der Waals surface area contributed by atoms with Gasteiger partial charge in [0.25, 0.3) is 12.6 Å². The summed E-state index contributed by atoms with van der Waals surface area (Å²) >= 11 is 0. The highest BCUT2D eigenvalue weighted by atomic mass is 16.8. The average molecular weight is 460 g/mol. The molecule has 1 aliphatic heterocycles. The number of aromatic nitrogens is 6. The highest BCUT2D eigenvalue weighted by molar-refractivity contribution is 5.80. The van der Waals surface area contributed by atoms with E-state index in [1.54, 1.807) is 12.4 Å². The maximum atomic E-state index is 5.97. The predicted molar refractivity (Wildman–Crippen MR) is 120 cm³/mol. The van der Waals surface area contributed by atoms with Crippen LogP contribution in [0.15, 0.2) is 84.0 Å². The van der Waals surface area contributed by atoms with Crippen LogP contribution in [0.3, 0.4) is 0 Å². The van der Waals surface area contributed by atoms with Crippen molar-refractivity contribution in [2.45, 2.75) is 12.6 Å². The van der Waals surface area contributed by atoms with Gasteiger partial charge in [0.1, 0.15) is 36.8 Å². The number of rotatable bonds is 8. The first-order chi connectivity index (χ1) is 16.8. The van der Waals surface area contributed by atoms with Gasteiger partial charge in [-0.25, -0.2) is 9.35 Å². The third-order valence-electron chi connectivity index (χ3n) is 4.63. The Kier molecular flexibility index (Phi) is 6.59. The summed E-state index contributed by atoms with van der Waals surface area (Å²) in [6.07, 6.45) is 7.98. The van der Waals surface area contributed by atoms with Gasteiger partial charge in [-0.2, -0.15) is 10.2 Å². The topological polar surface area (TPSA) is 123 Å². The fraction of sp³-hybridized carbons (Fsp3) is 0.182. The zero-order valence-corrected chi connectivity index (χ0v) is 17.9. The Morgan fingerprint density at radius 1 is 0.647 bits per heavy atom. The predicted octanol–water partition coefficient (Wildman–Crippen LogP) is 1.79. The minimum Gasteiger partial charge on any atom is -0.458 e. The van der Waals surface area contributed by atoms with E-state index in [9.17, 15) is 0 Å². The molecule has 12 heteroatoms. The van der Waals surface area contributed by atoms with Crippen LogP contribution in [0.1, 0.15) is 11.1 Å². The molecule has 34 heavy (non-hydrogen) atoms. The second-order valence-electron chi connectivity index (χ2n) is 7.03. The summed E-state index contributed by atoms with van der Waals surface area (Å²) in [7, 11) is 0. The highest BCUT2D eigenvalue weighted by Gasteiger charge is 2.31. The van der Waals surface area contributed by atoms with E-state index in [4.69, 9.17) is 18.9 Å². The van der Waals surface area contributed by atoms with Gasteiger partial charge < -0.3 is 18.9 Å². The molecule has 1 aliphatic rings. The summed E-state index contributed by atoms with van der Waals surface area (Å²) < 4.78 is 26.5. The van der Waals surface area contributed by atoms with Crippen LogP contribution in [0, 0.1) is 0 Å². The molecule has 2 unspecified atom stereocenters. The first-order valence-corrected chi connectivity index (χ1v) is 10.4. The van der Waals surface area contributed by atoms with Crippen LogP contribution in [0.25, 0.3) is 0 Å². The molecule has 0 spiro atoms. The summed E-state index contributed by atoms with van der Waals surface area (Å²) in [5.41, 5.74) is 1.78. The van der Waals surface area contributed by atoms with Crippen LogP contribution in [0.5, 0.6) is 11.5 Å². The lowest BCUT2D eigenvalue weighted by atomic mass is 10.2. The van der Waals surface area contributed by atoms with E-state index in [0.717, 1.165) is 11.1 Å². The van der Waals surface area contributed by atoms with Crippen LogP contribution in [-0.4, -0.2) is 68.0 Å². The van der Waals surface area contributed by atoms with Crippen molar-refractivity contribution in [1.29, 1.82) is 0 Å². The quantitative estimate of drug-likeness (QED) is 0.365. The van der Waals surface area contributed by atoms with Gasteiger partial charge in [0, 0.05) is 0 Å². The fourth-order valence-electron chi connectivity index (χ4n) is 2.97. The maximum Gasteiger partial charge on any atom is 0.263 e. The number of benzene rings is 2. The molecule has 3 heterocycles. The van der Waals surface area contributed by atoms with E-state index in [0.29, 0.717) is 24.7 Å². The Morgan fingerprint density at radius 2 is 1.03 bits per heavy atom. The van der Waals surface area contributed by atoms with Crippen molar-refractivity contribution in [1.82, 2.24) is 29.7 Å². The van der Waals surface area contributed by atoms with E-state index in [2.05, 4.69) is 30.6 Å². The molecule has 5 rings (SSSR count). The van der Waals surface area contributed by atoms with Crippen LogP contribution in [-0.2, 0) is 9.47 Å². The van der Waals surface area contributed by atoms with Gasteiger partial charge in [-0.05, 0) is 59.7 Å². The standard InChI is InChI=1S/C22H20N8O4/c1-5-19(6-2-17(1)11-27-29-13-23-24-14-29)33-21-22(32-10-9-31-21)34-20-7-3-18(4-8-20)12-28-30-15-25-26-16-30/h1-8,11-16,21-22H,9-10H2/b27-11+,28-12+. The molecular formula is C22H20N8O4. The van der Waals surface area contributed by atoms with Gasteiger partial charge in [0.05, 0.1) is 25.6 Å². The van der Waals surface area contributed by atoms with Crippen molar-refractivity contribution < 1.29 is 18.9 Å². The van der Waals surface area contributed by atoms with Crippen molar-refractivity contribution >= 4 is 12.4 Å². The molecule has 0 bridgehead atoms.